The molecular weight excluding hydrogens is 378 g/mol. The topological polar surface area (TPSA) is 93.8 Å². The summed E-state index contributed by atoms with van der Waals surface area (Å²) in [7, 11) is 1.53. The molecule has 0 unspecified atom stereocenters. The minimum atomic E-state index is -0.482. The van der Waals surface area contributed by atoms with E-state index in [9.17, 15) is 14.9 Å². The number of nitrogens with zero attached hydrogens (tertiary/aromatic N) is 2. The van der Waals surface area contributed by atoms with Gasteiger partial charge in [-0.25, -0.2) is 5.43 Å². The van der Waals surface area contributed by atoms with E-state index in [4.69, 9.17) is 4.74 Å². The smallest absolute Gasteiger partial charge is 0.271 e. The van der Waals surface area contributed by atoms with E-state index < -0.39 is 10.8 Å². The highest BCUT2D eigenvalue weighted by Crippen LogP contribution is 2.25. The van der Waals surface area contributed by atoms with Crippen molar-refractivity contribution >= 4 is 33.2 Å². The molecule has 2 aromatic carbocycles. The Bertz CT molecular complexity index is 821. The second-order valence-electron chi connectivity index (χ2n) is 4.79. The van der Waals surface area contributed by atoms with Crippen molar-refractivity contribution in [1.82, 2.24) is 5.43 Å². The number of benzene rings is 2. The van der Waals surface area contributed by atoms with Crippen LogP contribution in [0.3, 0.4) is 0 Å². The monoisotopic (exact) mass is 391 g/mol. The van der Waals surface area contributed by atoms with Crippen LogP contribution < -0.4 is 10.2 Å². The van der Waals surface area contributed by atoms with Crippen LogP contribution in [-0.4, -0.2) is 23.7 Å². The maximum Gasteiger partial charge on any atom is 0.271 e. The van der Waals surface area contributed by atoms with Crippen LogP contribution in [0, 0.1) is 10.1 Å². The van der Waals surface area contributed by atoms with Gasteiger partial charge in [0.25, 0.3) is 11.6 Å². The third-order valence-electron chi connectivity index (χ3n) is 3.21. The number of methoxy groups -OCH3 is 1. The number of hydrogen-bond donors (Lipinski definition) is 1. The van der Waals surface area contributed by atoms with Gasteiger partial charge in [-0.15, -0.1) is 0 Å². The molecule has 7 nitrogen and oxygen atoms in total. The lowest BCUT2D eigenvalue weighted by Crippen LogP contribution is -2.19. The first-order chi connectivity index (χ1) is 11.4. The summed E-state index contributed by atoms with van der Waals surface area (Å²) in [4.78, 5) is 22.4. The quantitative estimate of drug-likeness (QED) is 0.479. The first kappa shape index (κ1) is 17.6. The molecular formula is C16H14BrN3O4. The average Bonchev–Trinajstić information content (AvgIpc) is 2.59. The highest BCUT2D eigenvalue weighted by atomic mass is 79.9. The molecule has 0 aliphatic rings. The van der Waals surface area contributed by atoms with Crippen molar-refractivity contribution in [3.63, 3.8) is 0 Å². The molecule has 1 N–H and O–H groups in total. The minimum Gasteiger partial charge on any atom is -0.496 e. The largest absolute Gasteiger partial charge is 0.496 e. The molecule has 0 aliphatic carbocycles. The number of amides is 1. The lowest BCUT2D eigenvalue weighted by Gasteiger charge is -2.06. The molecule has 0 radical (unpaired) electrons. The van der Waals surface area contributed by atoms with E-state index in [1.54, 1.807) is 37.3 Å². The van der Waals surface area contributed by atoms with Gasteiger partial charge in [0, 0.05) is 23.3 Å². The van der Waals surface area contributed by atoms with Crippen LogP contribution in [-0.2, 0) is 0 Å². The molecule has 0 aliphatic heterocycles. The Hall–Kier alpha value is -2.74. The number of carbonyl (C=O) groups excluding carboxylic acids is 1. The molecule has 24 heavy (non-hydrogen) atoms. The van der Waals surface area contributed by atoms with Crippen molar-refractivity contribution in [3.05, 3.63) is 68.2 Å². The Morgan fingerprint density at radius 3 is 2.62 bits per heavy atom. The number of hydrogen-bond acceptors (Lipinski definition) is 5. The molecule has 0 atom stereocenters. The summed E-state index contributed by atoms with van der Waals surface area (Å²) in [5.41, 5.74) is 3.81. The van der Waals surface area contributed by atoms with Gasteiger partial charge in [-0.1, -0.05) is 12.1 Å². The zero-order chi connectivity index (χ0) is 17.7. The zero-order valence-electron chi connectivity index (χ0n) is 12.9. The van der Waals surface area contributed by atoms with Gasteiger partial charge in [-0.2, -0.15) is 5.10 Å². The van der Waals surface area contributed by atoms with Gasteiger partial charge in [-0.3, -0.25) is 14.9 Å². The summed E-state index contributed by atoms with van der Waals surface area (Å²) >= 11 is 3.31. The first-order valence-corrected chi connectivity index (χ1v) is 7.64. The van der Waals surface area contributed by atoms with Crippen molar-refractivity contribution < 1.29 is 14.5 Å². The Balaban J connectivity index is 2.14. The van der Waals surface area contributed by atoms with Crippen molar-refractivity contribution in [2.45, 2.75) is 6.92 Å². The molecule has 0 spiro atoms. The van der Waals surface area contributed by atoms with E-state index >= 15 is 0 Å². The fraction of sp³-hybridized carbons (Fsp3) is 0.125. The zero-order valence-corrected chi connectivity index (χ0v) is 14.5. The highest BCUT2D eigenvalue weighted by molar-refractivity contribution is 9.10. The predicted molar refractivity (Wildman–Crippen MR) is 93.5 cm³/mol. The second kappa shape index (κ2) is 7.69. The summed E-state index contributed by atoms with van der Waals surface area (Å²) in [5.74, 6) is 0.214. The SMILES string of the molecule is COc1ccc(C(=O)NN=C(C)c2cccc([N+](=O)[O-])c2)cc1Br. The van der Waals surface area contributed by atoms with Crippen LogP contribution in [0.4, 0.5) is 5.69 Å². The Morgan fingerprint density at radius 1 is 1.25 bits per heavy atom. The standard InChI is InChI=1S/C16H14BrN3O4/c1-10(11-4-3-5-13(8-11)20(22)23)18-19-16(21)12-6-7-15(24-2)14(17)9-12/h3-9H,1-2H3,(H,19,21). The van der Waals surface area contributed by atoms with E-state index in [0.29, 0.717) is 27.1 Å². The van der Waals surface area contributed by atoms with Gasteiger partial charge in [0.1, 0.15) is 5.75 Å². The lowest BCUT2D eigenvalue weighted by molar-refractivity contribution is -0.384. The number of nitro groups is 1. The summed E-state index contributed by atoms with van der Waals surface area (Å²) in [6, 6.07) is 10.9. The molecule has 2 rings (SSSR count). The van der Waals surface area contributed by atoms with E-state index in [2.05, 4.69) is 26.5 Å². The third-order valence-corrected chi connectivity index (χ3v) is 3.83. The van der Waals surface area contributed by atoms with E-state index in [1.807, 2.05) is 0 Å². The van der Waals surface area contributed by atoms with Gasteiger partial charge in [0.2, 0.25) is 0 Å². The van der Waals surface area contributed by atoms with Crippen LogP contribution in [0.15, 0.2) is 52.0 Å². The first-order valence-electron chi connectivity index (χ1n) is 6.85. The van der Waals surface area contributed by atoms with Gasteiger partial charge >= 0.3 is 0 Å². The normalized spacial score (nSPS) is 11.0. The van der Waals surface area contributed by atoms with Gasteiger partial charge in [0.15, 0.2) is 0 Å². The van der Waals surface area contributed by atoms with Crippen LogP contribution in [0.25, 0.3) is 0 Å². The molecule has 124 valence electrons. The Kier molecular flexibility index (Phi) is 5.64. The summed E-state index contributed by atoms with van der Waals surface area (Å²) in [6.07, 6.45) is 0. The van der Waals surface area contributed by atoms with Gasteiger partial charge in [-0.05, 0) is 41.1 Å². The molecule has 0 bridgehead atoms. The van der Waals surface area contributed by atoms with Gasteiger partial charge < -0.3 is 4.74 Å². The second-order valence-corrected chi connectivity index (χ2v) is 5.65. The fourth-order valence-electron chi connectivity index (χ4n) is 1.92. The number of rotatable bonds is 5. The molecule has 0 aromatic heterocycles. The molecule has 0 fully saturated rings. The van der Waals surface area contributed by atoms with Crippen molar-refractivity contribution in [2.75, 3.05) is 7.11 Å². The van der Waals surface area contributed by atoms with E-state index in [0.717, 1.165) is 0 Å². The predicted octanol–water partition coefficient (Wildman–Crippen LogP) is 3.52. The van der Waals surface area contributed by atoms with Crippen LogP contribution in [0.1, 0.15) is 22.8 Å². The van der Waals surface area contributed by atoms with Crippen molar-refractivity contribution in [3.8, 4) is 5.75 Å². The molecule has 0 heterocycles. The Labute approximate surface area is 146 Å². The molecule has 0 saturated carbocycles. The van der Waals surface area contributed by atoms with Crippen LogP contribution in [0.2, 0.25) is 0 Å². The molecule has 1 amide bonds. The van der Waals surface area contributed by atoms with Crippen LogP contribution in [0.5, 0.6) is 5.75 Å². The number of ether oxygens (including phenoxy) is 1. The summed E-state index contributed by atoms with van der Waals surface area (Å²) < 4.78 is 5.76. The maximum absolute atomic E-state index is 12.1. The minimum absolute atomic E-state index is 0.0348. The fourth-order valence-corrected chi connectivity index (χ4v) is 2.46. The van der Waals surface area contributed by atoms with E-state index in [-0.39, 0.29) is 5.69 Å². The van der Waals surface area contributed by atoms with Crippen molar-refractivity contribution in [1.29, 1.82) is 0 Å². The summed E-state index contributed by atoms with van der Waals surface area (Å²) in [6.45, 7) is 1.66. The third kappa shape index (κ3) is 4.17. The average molecular weight is 392 g/mol. The lowest BCUT2D eigenvalue weighted by atomic mass is 10.1. The molecule has 8 heteroatoms. The number of non-ortho nitro benzene ring substituents is 1. The number of halogens is 1. The van der Waals surface area contributed by atoms with Gasteiger partial charge in [0.05, 0.1) is 22.2 Å². The number of nitrogens with one attached hydrogen (secondary N) is 1. The molecule has 2 aromatic rings. The Morgan fingerprint density at radius 2 is 2.00 bits per heavy atom. The highest BCUT2D eigenvalue weighted by Gasteiger charge is 2.10. The number of nitro benzene ring substituents is 1. The molecule has 0 saturated heterocycles. The van der Waals surface area contributed by atoms with Crippen molar-refractivity contribution in [2.24, 2.45) is 5.10 Å². The number of carbonyl (C=O) groups is 1. The van der Waals surface area contributed by atoms with E-state index in [1.165, 1.54) is 19.2 Å². The maximum atomic E-state index is 12.1. The summed E-state index contributed by atoms with van der Waals surface area (Å²) in [5, 5.41) is 14.8. The van der Waals surface area contributed by atoms with Crippen LogP contribution >= 0.6 is 15.9 Å². The number of hydrazone groups is 1.